The minimum atomic E-state index is -0.304. The zero-order chi connectivity index (χ0) is 15.9. The molecule has 1 amide bonds. The number of fused-ring (bicyclic) bond motifs is 1. The van der Waals surface area contributed by atoms with Crippen LogP contribution in [-0.2, 0) is 4.79 Å². The Morgan fingerprint density at radius 1 is 1.23 bits per heavy atom. The zero-order valence-corrected chi connectivity index (χ0v) is 13.9. The maximum atomic E-state index is 12.4. The Hall–Kier alpha value is -2.03. The minimum absolute atomic E-state index is 0.235. The summed E-state index contributed by atoms with van der Waals surface area (Å²) >= 11 is 0. The molecule has 3 heteroatoms. The van der Waals surface area contributed by atoms with Gasteiger partial charge in [-0.1, -0.05) is 45.0 Å². The molecule has 3 rings (SSSR count). The third-order valence-corrected chi connectivity index (χ3v) is 4.35. The van der Waals surface area contributed by atoms with Crippen molar-refractivity contribution in [2.45, 2.75) is 34.1 Å². The number of nitrogens with zero attached hydrogens (tertiary/aromatic N) is 1. The van der Waals surface area contributed by atoms with Crippen LogP contribution in [0.5, 0.6) is 0 Å². The normalized spacial score (nSPS) is 16.0. The highest BCUT2D eigenvalue weighted by atomic mass is 16.2. The first kappa shape index (κ1) is 14.9. The predicted octanol–water partition coefficient (Wildman–Crippen LogP) is 4.14. The molecule has 0 atom stereocenters. The second-order valence-electron chi connectivity index (χ2n) is 7.15. The molecule has 0 saturated carbocycles. The van der Waals surface area contributed by atoms with Crippen molar-refractivity contribution in [2.75, 3.05) is 13.1 Å². The monoisotopic (exact) mass is 296 g/mol. The predicted molar refractivity (Wildman–Crippen MR) is 91.7 cm³/mol. The molecule has 3 nitrogen and oxygen atoms in total. The third-order valence-electron chi connectivity index (χ3n) is 4.35. The highest BCUT2D eigenvalue weighted by molar-refractivity contribution is 5.94. The fraction of sp³-hybridized carbons (Fsp3) is 0.421. The maximum absolute atomic E-state index is 12.4. The van der Waals surface area contributed by atoms with E-state index in [0.717, 1.165) is 13.0 Å². The van der Waals surface area contributed by atoms with Crippen LogP contribution in [0.3, 0.4) is 0 Å². The summed E-state index contributed by atoms with van der Waals surface area (Å²) in [6.45, 7) is 9.60. The van der Waals surface area contributed by atoms with E-state index in [1.54, 1.807) is 0 Å². The molecule has 0 bridgehead atoms. The van der Waals surface area contributed by atoms with E-state index < -0.39 is 0 Å². The fourth-order valence-electron chi connectivity index (χ4n) is 3.25. The first-order valence-electron chi connectivity index (χ1n) is 7.94. The van der Waals surface area contributed by atoms with Gasteiger partial charge in [-0.15, -0.1) is 0 Å². The van der Waals surface area contributed by atoms with E-state index in [1.807, 2.05) is 25.7 Å². The molecule has 116 valence electrons. The Morgan fingerprint density at radius 3 is 2.59 bits per heavy atom. The average molecular weight is 296 g/mol. The van der Waals surface area contributed by atoms with Gasteiger partial charge in [-0.25, -0.2) is 0 Å². The van der Waals surface area contributed by atoms with Gasteiger partial charge in [-0.05, 0) is 25.0 Å². The van der Waals surface area contributed by atoms with Crippen molar-refractivity contribution in [3.63, 3.8) is 0 Å². The van der Waals surface area contributed by atoms with Crippen LogP contribution in [0.2, 0.25) is 0 Å². The van der Waals surface area contributed by atoms with Gasteiger partial charge < -0.3 is 9.88 Å². The molecule has 0 aliphatic carbocycles. The molecule has 1 aliphatic rings. The molecule has 0 unspecified atom stereocenters. The van der Waals surface area contributed by atoms with Crippen molar-refractivity contribution >= 4 is 22.4 Å². The number of aryl methyl sites for hydroxylation is 1. The number of hydrogen-bond acceptors (Lipinski definition) is 1. The van der Waals surface area contributed by atoms with Gasteiger partial charge in [0, 0.05) is 40.7 Å². The summed E-state index contributed by atoms with van der Waals surface area (Å²) in [6.07, 6.45) is 3.14. The van der Waals surface area contributed by atoms with Gasteiger partial charge in [-0.3, -0.25) is 4.79 Å². The average Bonchev–Trinajstić information content (AvgIpc) is 2.81. The van der Waals surface area contributed by atoms with Crippen molar-refractivity contribution in [1.29, 1.82) is 0 Å². The Kier molecular flexibility index (Phi) is 3.59. The summed E-state index contributed by atoms with van der Waals surface area (Å²) in [7, 11) is 0. The number of benzene rings is 1. The number of H-pyrrole nitrogens is 1. The van der Waals surface area contributed by atoms with Gasteiger partial charge in [0.25, 0.3) is 0 Å². The van der Waals surface area contributed by atoms with E-state index in [2.05, 4.69) is 42.2 Å². The second-order valence-corrected chi connectivity index (χ2v) is 7.15. The largest absolute Gasteiger partial charge is 0.358 e. The lowest BCUT2D eigenvalue weighted by atomic mass is 9.92. The number of aromatic nitrogens is 1. The van der Waals surface area contributed by atoms with E-state index in [9.17, 15) is 4.79 Å². The summed E-state index contributed by atoms with van der Waals surface area (Å²) < 4.78 is 0. The molecule has 0 fully saturated rings. The summed E-state index contributed by atoms with van der Waals surface area (Å²) in [5.41, 5.74) is 4.76. The lowest BCUT2D eigenvalue weighted by molar-refractivity contribution is -0.138. The molecular weight excluding hydrogens is 272 g/mol. The molecule has 1 aliphatic heterocycles. The van der Waals surface area contributed by atoms with Gasteiger partial charge in [0.2, 0.25) is 5.91 Å². The van der Waals surface area contributed by atoms with Crippen molar-refractivity contribution in [2.24, 2.45) is 5.41 Å². The number of carbonyl (C=O) groups excluding carboxylic acids is 1. The van der Waals surface area contributed by atoms with Crippen molar-refractivity contribution in [1.82, 2.24) is 9.88 Å². The molecule has 1 N–H and O–H groups in total. The molecule has 2 heterocycles. The number of carbonyl (C=O) groups is 1. The Morgan fingerprint density at radius 2 is 1.95 bits per heavy atom. The highest BCUT2D eigenvalue weighted by Crippen LogP contribution is 2.32. The highest BCUT2D eigenvalue weighted by Gasteiger charge is 2.28. The Bertz CT molecular complexity index is 746. The van der Waals surface area contributed by atoms with E-state index in [4.69, 9.17) is 0 Å². The summed E-state index contributed by atoms with van der Waals surface area (Å²) in [4.78, 5) is 17.8. The van der Waals surface area contributed by atoms with E-state index in [-0.39, 0.29) is 11.3 Å². The van der Waals surface area contributed by atoms with E-state index in [0.29, 0.717) is 6.54 Å². The van der Waals surface area contributed by atoms with Gasteiger partial charge in [0.1, 0.15) is 0 Å². The SMILES string of the molecule is Cc1[nH]c2ccccc2c1C1=CCN(C(=O)C(C)(C)C)CC1. The third kappa shape index (κ3) is 2.56. The maximum Gasteiger partial charge on any atom is 0.228 e. The summed E-state index contributed by atoms with van der Waals surface area (Å²) in [5, 5.41) is 1.28. The molecule has 0 radical (unpaired) electrons. The zero-order valence-electron chi connectivity index (χ0n) is 13.9. The van der Waals surface area contributed by atoms with Crippen LogP contribution in [0.1, 0.15) is 38.4 Å². The van der Waals surface area contributed by atoms with Crippen LogP contribution in [0.25, 0.3) is 16.5 Å². The molecule has 1 aromatic heterocycles. The van der Waals surface area contributed by atoms with Crippen LogP contribution in [0.4, 0.5) is 0 Å². The molecule has 0 spiro atoms. The summed E-state index contributed by atoms with van der Waals surface area (Å²) in [6, 6.07) is 8.42. The van der Waals surface area contributed by atoms with Crippen LogP contribution < -0.4 is 0 Å². The Labute approximate surface area is 132 Å². The van der Waals surface area contributed by atoms with E-state index >= 15 is 0 Å². The lowest BCUT2D eigenvalue weighted by Crippen LogP contribution is -2.41. The van der Waals surface area contributed by atoms with Crippen molar-refractivity contribution in [3.8, 4) is 0 Å². The smallest absolute Gasteiger partial charge is 0.228 e. The molecule has 2 aromatic rings. The standard InChI is InChI=1S/C19H24N2O/c1-13-17(15-7-5-6-8-16(15)20-13)14-9-11-21(12-10-14)18(22)19(2,3)4/h5-9,20H,10-12H2,1-4H3. The topological polar surface area (TPSA) is 36.1 Å². The van der Waals surface area contributed by atoms with E-state index in [1.165, 1.54) is 27.7 Å². The van der Waals surface area contributed by atoms with Crippen LogP contribution in [0, 0.1) is 12.3 Å². The second kappa shape index (κ2) is 5.31. The van der Waals surface area contributed by atoms with Crippen LogP contribution in [-0.4, -0.2) is 28.9 Å². The fourth-order valence-corrected chi connectivity index (χ4v) is 3.25. The Balaban J connectivity index is 1.90. The number of amides is 1. The van der Waals surface area contributed by atoms with Gasteiger partial charge in [-0.2, -0.15) is 0 Å². The number of rotatable bonds is 1. The number of para-hydroxylation sites is 1. The summed E-state index contributed by atoms with van der Waals surface area (Å²) in [5.74, 6) is 0.235. The van der Waals surface area contributed by atoms with Crippen LogP contribution in [0.15, 0.2) is 30.3 Å². The molecule has 22 heavy (non-hydrogen) atoms. The van der Waals surface area contributed by atoms with Gasteiger partial charge in [0.15, 0.2) is 0 Å². The molecule has 1 aromatic carbocycles. The number of nitrogens with one attached hydrogen (secondary N) is 1. The quantitative estimate of drug-likeness (QED) is 0.843. The first-order valence-corrected chi connectivity index (χ1v) is 7.94. The minimum Gasteiger partial charge on any atom is -0.358 e. The van der Waals surface area contributed by atoms with Gasteiger partial charge in [0.05, 0.1) is 0 Å². The molecular formula is C19H24N2O. The number of hydrogen-bond donors (Lipinski definition) is 1. The first-order chi connectivity index (χ1) is 10.4. The molecule has 0 saturated heterocycles. The van der Waals surface area contributed by atoms with Gasteiger partial charge >= 0.3 is 0 Å². The van der Waals surface area contributed by atoms with Crippen molar-refractivity contribution < 1.29 is 4.79 Å². The lowest BCUT2D eigenvalue weighted by Gasteiger charge is -2.32. The van der Waals surface area contributed by atoms with Crippen LogP contribution >= 0.6 is 0 Å². The number of aromatic amines is 1. The van der Waals surface area contributed by atoms with Crippen molar-refractivity contribution in [3.05, 3.63) is 41.6 Å².